The summed E-state index contributed by atoms with van der Waals surface area (Å²) < 4.78 is 10.9. The minimum absolute atomic E-state index is 0.312. The van der Waals surface area contributed by atoms with Crippen LogP contribution < -0.4 is 0 Å². The molecule has 0 aliphatic heterocycles. The Morgan fingerprint density at radius 2 is 0.638 bits per heavy atom. The fourth-order valence-corrected chi connectivity index (χ4v) is 7.55. The number of Topliss-reactive ketones (excluding diaryl/α,β-unsaturated/α-hetero) is 2. The van der Waals surface area contributed by atoms with Crippen molar-refractivity contribution in [3.05, 3.63) is 71.8 Å². The molecule has 2 aromatic carbocycles. The van der Waals surface area contributed by atoms with Gasteiger partial charge in [0.25, 0.3) is 11.2 Å². The normalized spacial score (nSPS) is 13.4. The van der Waals surface area contributed by atoms with Crippen LogP contribution in [-0.2, 0) is 41.9 Å². The summed E-state index contributed by atoms with van der Waals surface area (Å²) in [5.74, 6) is -5.36. The van der Waals surface area contributed by atoms with Crippen LogP contribution in [0.3, 0.4) is 0 Å². The summed E-state index contributed by atoms with van der Waals surface area (Å²) in [6.07, 6.45) is 27.4. The van der Waals surface area contributed by atoms with Gasteiger partial charge in [0.05, 0.1) is 0 Å². The third kappa shape index (κ3) is 19.1. The van der Waals surface area contributed by atoms with E-state index in [0.717, 1.165) is 38.5 Å². The number of carbonyl (C=O) groups is 4. The van der Waals surface area contributed by atoms with Crippen molar-refractivity contribution in [2.24, 2.45) is 0 Å². The summed E-state index contributed by atoms with van der Waals surface area (Å²) in [4.78, 5) is 56.0. The van der Waals surface area contributed by atoms with E-state index in [-0.39, 0.29) is 26.1 Å². The van der Waals surface area contributed by atoms with Gasteiger partial charge >= 0.3 is 11.9 Å². The van der Waals surface area contributed by atoms with Gasteiger partial charge in [0, 0.05) is 12.8 Å². The Labute approximate surface area is 351 Å². The van der Waals surface area contributed by atoms with Crippen LogP contribution in [0.25, 0.3) is 0 Å². The molecule has 2 aromatic rings. The molecule has 0 amide bonds. The molecule has 0 radical (unpaired) electrons. The standard InChI is InChI=1S/C50H78O8/c1-3-5-7-9-11-13-15-17-19-21-23-25-33-39-45(51)49(55,47(53)57-41-43-35-29-27-30-36-43)50(56,48(54)58-42-44-37-31-28-32-38-44)46(52)40-34-26-24-22-20-18-16-14-12-10-8-6-4-2/h27-32,35-38,55-56H,3-26,33-34,39-42H2,1-2H3. The molecule has 0 fully saturated rings. The number of benzene rings is 2. The molecule has 0 bridgehead atoms. The number of aliphatic hydroxyl groups is 2. The number of ketones is 2. The van der Waals surface area contributed by atoms with Crippen LogP contribution in [0.1, 0.15) is 205 Å². The molecule has 8 nitrogen and oxygen atoms in total. The highest BCUT2D eigenvalue weighted by atomic mass is 16.6. The minimum Gasteiger partial charge on any atom is -0.458 e. The third-order valence-corrected chi connectivity index (χ3v) is 11.4. The van der Waals surface area contributed by atoms with E-state index in [1.165, 1.54) is 103 Å². The van der Waals surface area contributed by atoms with E-state index in [1.807, 2.05) is 0 Å². The fourth-order valence-electron chi connectivity index (χ4n) is 7.55. The lowest BCUT2D eigenvalue weighted by atomic mass is 9.73. The maximum atomic E-state index is 14.1. The lowest BCUT2D eigenvalue weighted by Crippen LogP contribution is -2.72. The van der Waals surface area contributed by atoms with Crippen molar-refractivity contribution in [1.82, 2.24) is 0 Å². The van der Waals surface area contributed by atoms with Crippen molar-refractivity contribution in [2.75, 3.05) is 0 Å². The second-order valence-electron chi connectivity index (χ2n) is 16.4. The highest BCUT2D eigenvalue weighted by Crippen LogP contribution is 2.33. The van der Waals surface area contributed by atoms with Crippen molar-refractivity contribution in [2.45, 2.75) is 218 Å². The second-order valence-corrected chi connectivity index (χ2v) is 16.4. The molecule has 2 N–H and O–H groups in total. The predicted octanol–water partition coefficient (Wildman–Crippen LogP) is 12.0. The van der Waals surface area contributed by atoms with Gasteiger partial charge in [0.15, 0.2) is 11.6 Å². The molecule has 2 unspecified atom stereocenters. The Hall–Kier alpha value is -3.36. The molecule has 0 saturated heterocycles. The Kier molecular flexibility index (Phi) is 27.6. The lowest BCUT2D eigenvalue weighted by molar-refractivity contribution is -0.214. The quantitative estimate of drug-likeness (QED) is 0.0392. The van der Waals surface area contributed by atoms with Gasteiger partial charge in [0.1, 0.15) is 13.2 Å². The van der Waals surface area contributed by atoms with Crippen molar-refractivity contribution in [1.29, 1.82) is 0 Å². The third-order valence-electron chi connectivity index (χ3n) is 11.4. The minimum atomic E-state index is -3.50. The van der Waals surface area contributed by atoms with Crippen molar-refractivity contribution in [3.8, 4) is 0 Å². The molecular formula is C50H78O8. The fraction of sp³-hybridized carbons (Fsp3) is 0.680. The zero-order valence-corrected chi connectivity index (χ0v) is 36.3. The van der Waals surface area contributed by atoms with E-state index in [9.17, 15) is 29.4 Å². The van der Waals surface area contributed by atoms with Gasteiger partial charge in [-0.1, -0.05) is 229 Å². The second kappa shape index (κ2) is 31.5. The van der Waals surface area contributed by atoms with Crippen LogP contribution in [0.5, 0.6) is 0 Å². The zero-order chi connectivity index (χ0) is 42.2. The zero-order valence-electron chi connectivity index (χ0n) is 36.3. The Morgan fingerprint density at radius 3 is 0.897 bits per heavy atom. The van der Waals surface area contributed by atoms with Crippen molar-refractivity contribution < 1.29 is 38.9 Å². The van der Waals surface area contributed by atoms with Gasteiger partial charge in [0.2, 0.25) is 0 Å². The van der Waals surface area contributed by atoms with E-state index in [2.05, 4.69) is 13.8 Å². The largest absolute Gasteiger partial charge is 0.458 e. The van der Waals surface area contributed by atoms with Gasteiger partial charge in [-0.25, -0.2) is 9.59 Å². The highest BCUT2D eigenvalue weighted by Gasteiger charge is 2.69. The van der Waals surface area contributed by atoms with Crippen LogP contribution in [0.15, 0.2) is 60.7 Å². The summed E-state index contributed by atoms with van der Waals surface area (Å²) in [5.41, 5.74) is -5.87. The molecule has 8 heteroatoms. The maximum absolute atomic E-state index is 14.1. The van der Waals surface area contributed by atoms with Gasteiger partial charge in [-0.2, -0.15) is 0 Å². The lowest BCUT2D eigenvalue weighted by Gasteiger charge is -2.37. The molecule has 0 aromatic heterocycles. The molecule has 326 valence electrons. The number of rotatable bonds is 37. The summed E-state index contributed by atoms with van der Waals surface area (Å²) in [5, 5.41) is 24.4. The van der Waals surface area contributed by atoms with Crippen LogP contribution in [-0.4, -0.2) is 44.9 Å². The number of hydrogen-bond donors (Lipinski definition) is 2. The predicted molar refractivity (Wildman–Crippen MR) is 233 cm³/mol. The van der Waals surface area contributed by atoms with Crippen molar-refractivity contribution >= 4 is 23.5 Å². The van der Waals surface area contributed by atoms with Crippen molar-refractivity contribution in [3.63, 3.8) is 0 Å². The van der Waals surface area contributed by atoms with Gasteiger partial charge in [-0.15, -0.1) is 0 Å². The summed E-state index contributed by atoms with van der Waals surface area (Å²) in [6, 6.07) is 17.3. The Morgan fingerprint density at radius 1 is 0.397 bits per heavy atom. The molecule has 2 rings (SSSR count). The molecule has 0 saturated carbocycles. The van der Waals surface area contributed by atoms with E-state index in [1.54, 1.807) is 60.7 Å². The maximum Gasteiger partial charge on any atom is 0.350 e. The van der Waals surface area contributed by atoms with Crippen LogP contribution in [0.2, 0.25) is 0 Å². The van der Waals surface area contributed by atoms with Gasteiger partial charge in [-0.3, -0.25) is 9.59 Å². The summed E-state index contributed by atoms with van der Waals surface area (Å²) in [6.45, 7) is 3.78. The first-order chi connectivity index (χ1) is 28.2. The Balaban J connectivity index is 2.10. The molecule has 2 atom stereocenters. The first-order valence-electron chi connectivity index (χ1n) is 23.1. The molecule has 0 spiro atoms. The smallest absolute Gasteiger partial charge is 0.350 e. The molecular weight excluding hydrogens is 729 g/mol. The average Bonchev–Trinajstić information content (AvgIpc) is 3.25. The number of unbranched alkanes of at least 4 members (excludes halogenated alkanes) is 24. The van der Waals surface area contributed by atoms with E-state index in [0.29, 0.717) is 36.8 Å². The first-order valence-corrected chi connectivity index (χ1v) is 23.1. The van der Waals surface area contributed by atoms with E-state index in [4.69, 9.17) is 9.47 Å². The first kappa shape index (κ1) is 50.8. The summed E-state index contributed by atoms with van der Waals surface area (Å²) in [7, 11) is 0. The SMILES string of the molecule is CCCCCCCCCCCCCCCC(=O)C(O)(C(=O)OCc1ccccc1)C(O)(C(=O)CCCCCCCCCCCCCCC)C(=O)OCc1ccccc1. The van der Waals surface area contributed by atoms with Crippen LogP contribution in [0.4, 0.5) is 0 Å². The monoisotopic (exact) mass is 807 g/mol. The van der Waals surface area contributed by atoms with E-state index < -0.39 is 34.7 Å². The molecule has 0 aliphatic carbocycles. The average molecular weight is 807 g/mol. The number of ether oxygens (including phenoxy) is 2. The van der Waals surface area contributed by atoms with E-state index >= 15 is 0 Å². The number of hydrogen-bond acceptors (Lipinski definition) is 8. The number of esters is 2. The van der Waals surface area contributed by atoms with Gasteiger partial charge in [-0.05, 0) is 24.0 Å². The molecule has 0 aliphatic rings. The van der Waals surface area contributed by atoms with Crippen LogP contribution >= 0.6 is 0 Å². The molecule has 0 heterocycles. The highest BCUT2D eigenvalue weighted by molar-refractivity contribution is 6.22. The number of carbonyl (C=O) groups excluding carboxylic acids is 4. The summed E-state index contributed by atoms with van der Waals surface area (Å²) >= 11 is 0. The Bertz CT molecular complexity index is 1270. The van der Waals surface area contributed by atoms with Crippen LogP contribution in [0, 0.1) is 0 Å². The topological polar surface area (TPSA) is 127 Å². The van der Waals surface area contributed by atoms with Gasteiger partial charge < -0.3 is 19.7 Å². The molecule has 58 heavy (non-hydrogen) atoms.